The van der Waals surface area contributed by atoms with Gasteiger partial charge in [0.25, 0.3) is 0 Å². The van der Waals surface area contributed by atoms with Gasteiger partial charge in [0.15, 0.2) is 0 Å². The van der Waals surface area contributed by atoms with Gasteiger partial charge in [-0.05, 0) is 43.2 Å². The second-order valence-corrected chi connectivity index (χ2v) is 5.56. The Morgan fingerprint density at radius 3 is 2.88 bits per heavy atom. The van der Waals surface area contributed by atoms with Crippen molar-refractivity contribution in [2.24, 2.45) is 11.8 Å². The van der Waals surface area contributed by atoms with E-state index in [1.807, 2.05) is 18.5 Å². The topological polar surface area (TPSA) is 16.1 Å². The third kappa shape index (κ3) is 2.80. The van der Waals surface area contributed by atoms with Crippen LogP contribution in [0, 0.1) is 11.8 Å². The second-order valence-electron chi connectivity index (χ2n) is 5.56. The molecule has 0 radical (unpaired) electrons. The van der Waals surface area contributed by atoms with Gasteiger partial charge in [-0.3, -0.25) is 4.98 Å². The maximum Gasteiger partial charge on any atom is 0.0555 e. The summed E-state index contributed by atoms with van der Waals surface area (Å²) < 4.78 is 0. The van der Waals surface area contributed by atoms with Crippen LogP contribution in [0.5, 0.6) is 0 Å². The van der Waals surface area contributed by atoms with E-state index < -0.39 is 0 Å². The normalized spacial score (nSPS) is 24.6. The molecular formula is C15H24N2. The first-order chi connectivity index (χ1) is 8.22. The zero-order valence-corrected chi connectivity index (χ0v) is 11.3. The van der Waals surface area contributed by atoms with Crippen LogP contribution < -0.4 is 4.90 Å². The van der Waals surface area contributed by atoms with Gasteiger partial charge in [-0.1, -0.05) is 20.8 Å². The molecule has 0 amide bonds. The van der Waals surface area contributed by atoms with E-state index in [2.05, 4.69) is 36.7 Å². The van der Waals surface area contributed by atoms with Gasteiger partial charge in [0.05, 0.1) is 11.9 Å². The van der Waals surface area contributed by atoms with Crippen LogP contribution in [0.4, 0.5) is 5.69 Å². The maximum absolute atomic E-state index is 4.24. The highest BCUT2D eigenvalue weighted by atomic mass is 15.2. The van der Waals surface area contributed by atoms with Crippen molar-refractivity contribution in [3.8, 4) is 0 Å². The Morgan fingerprint density at radius 1 is 1.47 bits per heavy atom. The molecule has 0 aliphatic carbocycles. The zero-order chi connectivity index (χ0) is 12.3. The Labute approximate surface area is 105 Å². The number of rotatable bonds is 4. The van der Waals surface area contributed by atoms with Crippen LogP contribution in [0.15, 0.2) is 24.5 Å². The fraction of sp³-hybridized carbons (Fsp3) is 0.667. The van der Waals surface area contributed by atoms with E-state index in [0.29, 0.717) is 6.04 Å². The van der Waals surface area contributed by atoms with Crippen molar-refractivity contribution < 1.29 is 0 Å². The molecule has 1 fully saturated rings. The summed E-state index contributed by atoms with van der Waals surface area (Å²) in [6.07, 6.45) is 7.79. The van der Waals surface area contributed by atoms with Crippen molar-refractivity contribution in [2.75, 3.05) is 11.4 Å². The number of nitrogens with zero attached hydrogens (tertiary/aromatic N) is 2. The second kappa shape index (κ2) is 5.52. The molecule has 1 aromatic heterocycles. The van der Waals surface area contributed by atoms with Crippen LogP contribution in [0.25, 0.3) is 0 Å². The molecule has 2 unspecified atom stereocenters. The van der Waals surface area contributed by atoms with Crippen molar-refractivity contribution in [3.63, 3.8) is 0 Å². The predicted octanol–water partition coefficient (Wildman–Crippen LogP) is 3.73. The number of hydrogen-bond acceptors (Lipinski definition) is 2. The van der Waals surface area contributed by atoms with Gasteiger partial charge >= 0.3 is 0 Å². The third-order valence-corrected chi connectivity index (χ3v) is 3.86. The molecule has 1 aliphatic rings. The average molecular weight is 232 g/mol. The van der Waals surface area contributed by atoms with E-state index in [1.54, 1.807) is 0 Å². The largest absolute Gasteiger partial charge is 0.367 e. The Bertz CT molecular complexity index is 334. The fourth-order valence-corrected chi connectivity index (χ4v) is 3.20. The highest BCUT2D eigenvalue weighted by molar-refractivity contribution is 5.46. The van der Waals surface area contributed by atoms with E-state index in [-0.39, 0.29) is 0 Å². The van der Waals surface area contributed by atoms with Crippen LogP contribution in [0.3, 0.4) is 0 Å². The lowest BCUT2D eigenvalue weighted by Crippen LogP contribution is -2.32. The number of aromatic nitrogens is 1. The average Bonchev–Trinajstić information content (AvgIpc) is 2.72. The van der Waals surface area contributed by atoms with Gasteiger partial charge in [0, 0.05) is 18.8 Å². The Balaban J connectivity index is 2.10. The molecule has 1 saturated heterocycles. The van der Waals surface area contributed by atoms with E-state index in [1.165, 1.54) is 31.5 Å². The van der Waals surface area contributed by atoms with E-state index >= 15 is 0 Å². The lowest BCUT2D eigenvalue weighted by atomic mass is 9.89. The van der Waals surface area contributed by atoms with Crippen molar-refractivity contribution in [1.29, 1.82) is 0 Å². The third-order valence-electron chi connectivity index (χ3n) is 3.86. The Kier molecular flexibility index (Phi) is 4.03. The molecule has 0 aromatic carbocycles. The smallest absolute Gasteiger partial charge is 0.0555 e. The van der Waals surface area contributed by atoms with Gasteiger partial charge in [-0.2, -0.15) is 0 Å². The lowest BCUT2D eigenvalue weighted by Gasteiger charge is -2.29. The molecule has 0 saturated carbocycles. The van der Waals surface area contributed by atoms with Gasteiger partial charge < -0.3 is 4.90 Å². The van der Waals surface area contributed by atoms with Crippen LogP contribution in [-0.2, 0) is 0 Å². The molecule has 0 N–H and O–H groups in total. The minimum Gasteiger partial charge on any atom is -0.367 e. The van der Waals surface area contributed by atoms with Gasteiger partial charge in [-0.15, -0.1) is 0 Å². The maximum atomic E-state index is 4.24. The SMILES string of the molecule is CCC1C(CC(C)C)CCN1c1cccnc1. The highest BCUT2D eigenvalue weighted by Gasteiger charge is 2.32. The van der Waals surface area contributed by atoms with Crippen LogP contribution in [0.1, 0.15) is 40.0 Å². The fourth-order valence-electron chi connectivity index (χ4n) is 3.20. The highest BCUT2D eigenvalue weighted by Crippen LogP contribution is 2.34. The Morgan fingerprint density at radius 2 is 2.29 bits per heavy atom. The van der Waals surface area contributed by atoms with Crippen molar-refractivity contribution in [3.05, 3.63) is 24.5 Å². The molecule has 94 valence electrons. The summed E-state index contributed by atoms with van der Waals surface area (Å²) in [6.45, 7) is 8.17. The molecule has 2 rings (SSSR count). The van der Waals surface area contributed by atoms with Gasteiger partial charge in [-0.25, -0.2) is 0 Å². The summed E-state index contributed by atoms with van der Waals surface area (Å²) in [5, 5.41) is 0. The molecule has 17 heavy (non-hydrogen) atoms. The number of pyridine rings is 1. The Hall–Kier alpha value is -1.05. The van der Waals surface area contributed by atoms with E-state index in [9.17, 15) is 0 Å². The summed E-state index contributed by atoms with van der Waals surface area (Å²) in [6, 6.07) is 4.94. The lowest BCUT2D eigenvalue weighted by molar-refractivity contribution is 0.373. The molecule has 0 spiro atoms. The summed E-state index contributed by atoms with van der Waals surface area (Å²) in [7, 11) is 0. The first kappa shape index (κ1) is 12.4. The molecule has 2 atom stereocenters. The molecular weight excluding hydrogens is 208 g/mol. The van der Waals surface area contributed by atoms with E-state index in [0.717, 1.165) is 11.8 Å². The van der Waals surface area contributed by atoms with Crippen molar-refractivity contribution in [2.45, 2.75) is 46.1 Å². The van der Waals surface area contributed by atoms with E-state index in [4.69, 9.17) is 0 Å². The van der Waals surface area contributed by atoms with Crippen molar-refractivity contribution in [1.82, 2.24) is 4.98 Å². The minimum absolute atomic E-state index is 0.710. The predicted molar refractivity (Wildman–Crippen MR) is 73.2 cm³/mol. The first-order valence-corrected chi connectivity index (χ1v) is 6.89. The van der Waals surface area contributed by atoms with Crippen LogP contribution in [-0.4, -0.2) is 17.6 Å². The van der Waals surface area contributed by atoms with Crippen molar-refractivity contribution >= 4 is 5.69 Å². The first-order valence-electron chi connectivity index (χ1n) is 6.89. The minimum atomic E-state index is 0.710. The van der Waals surface area contributed by atoms with Gasteiger partial charge in [0.2, 0.25) is 0 Å². The number of hydrogen-bond donors (Lipinski definition) is 0. The standard InChI is InChI=1S/C15H24N2/c1-4-15-13(10-12(2)3)7-9-17(15)14-6-5-8-16-11-14/h5-6,8,11-13,15H,4,7,9-10H2,1-3H3. The summed E-state index contributed by atoms with van der Waals surface area (Å²) in [5.74, 6) is 1.67. The molecule has 2 heteroatoms. The molecule has 1 aliphatic heterocycles. The zero-order valence-electron chi connectivity index (χ0n) is 11.3. The van der Waals surface area contributed by atoms with Crippen LogP contribution >= 0.6 is 0 Å². The quantitative estimate of drug-likeness (QED) is 0.786. The molecule has 0 bridgehead atoms. The molecule has 2 nitrogen and oxygen atoms in total. The summed E-state index contributed by atoms with van der Waals surface area (Å²) in [4.78, 5) is 6.80. The molecule has 1 aromatic rings. The summed E-state index contributed by atoms with van der Waals surface area (Å²) in [5.41, 5.74) is 1.30. The molecule has 2 heterocycles. The summed E-state index contributed by atoms with van der Waals surface area (Å²) >= 11 is 0. The monoisotopic (exact) mass is 232 g/mol. The number of anilines is 1. The van der Waals surface area contributed by atoms with Crippen LogP contribution in [0.2, 0.25) is 0 Å². The van der Waals surface area contributed by atoms with Gasteiger partial charge in [0.1, 0.15) is 0 Å².